The summed E-state index contributed by atoms with van der Waals surface area (Å²) in [6.07, 6.45) is -7.84. The van der Waals surface area contributed by atoms with E-state index < -0.39 is 47.3 Å². The molecule has 1 aromatic rings. The summed E-state index contributed by atoms with van der Waals surface area (Å²) in [5.74, 6) is -3.17. The number of halogens is 3. The lowest BCUT2D eigenvalue weighted by molar-refractivity contribution is -0.384. The Kier molecular flexibility index (Phi) is 6.90. The van der Waals surface area contributed by atoms with E-state index in [0.717, 1.165) is 24.3 Å². The number of hydrogen-bond donors (Lipinski definition) is 1. The minimum Gasteiger partial charge on any atom is -0.454 e. The fraction of sp³-hybridized carbons (Fsp3) is 0.471. The zero-order chi connectivity index (χ0) is 21.8. The number of nitrogens with one attached hydrogen (secondary N) is 1. The van der Waals surface area contributed by atoms with Gasteiger partial charge in [-0.1, -0.05) is 0 Å². The van der Waals surface area contributed by atoms with Crippen molar-refractivity contribution in [3.8, 4) is 0 Å². The number of esters is 1. The molecular formula is C17H17F3N2O7. The van der Waals surface area contributed by atoms with E-state index >= 15 is 0 Å². The van der Waals surface area contributed by atoms with Crippen LogP contribution in [0.4, 0.5) is 18.9 Å². The maximum atomic E-state index is 12.6. The molecule has 0 radical (unpaired) electrons. The number of non-ortho nitro benzene ring substituents is 1. The van der Waals surface area contributed by atoms with E-state index in [9.17, 15) is 37.7 Å². The molecule has 2 rings (SSSR count). The largest absolute Gasteiger partial charge is 0.471 e. The van der Waals surface area contributed by atoms with Gasteiger partial charge in [-0.2, -0.15) is 13.2 Å². The summed E-state index contributed by atoms with van der Waals surface area (Å²) in [7, 11) is 0. The second kappa shape index (κ2) is 8.99. The highest BCUT2D eigenvalue weighted by molar-refractivity contribution is 5.90. The van der Waals surface area contributed by atoms with E-state index in [1.807, 2.05) is 0 Å². The highest BCUT2D eigenvalue weighted by atomic mass is 19.4. The van der Waals surface area contributed by atoms with Crippen molar-refractivity contribution in [3.05, 3.63) is 39.9 Å². The number of nitrogens with zero attached hydrogens (tertiary/aromatic N) is 1. The van der Waals surface area contributed by atoms with Crippen molar-refractivity contribution in [2.75, 3.05) is 0 Å². The zero-order valence-electron chi connectivity index (χ0n) is 15.0. The van der Waals surface area contributed by atoms with E-state index in [1.165, 1.54) is 6.92 Å². The summed E-state index contributed by atoms with van der Waals surface area (Å²) in [5, 5.41) is 12.5. The second-order valence-electron chi connectivity index (χ2n) is 6.35. The molecule has 1 saturated heterocycles. The molecule has 0 aromatic heterocycles. The van der Waals surface area contributed by atoms with Crippen molar-refractivity contribution in [1.82, 2.24) is 5.32 Å². The number of benzene rings is 1. The van der Waals surface area contributed by atoms with Gasteiger partial charge in [0.05, 0.1) is 28.7 Å². The number of carbonyl (C=O) groups is 3. The Hall–Kier alpha value is -3.02. The van der Waals surface area contributed by atoms with Crippen LogP contribution in [0.15, 0.2) is 24.3 Å². The summed E-state index contributed by atoms with van der Waals surface area (Å²) >= 11 is 0. The van der Waals surface area contributed by atoms with Crippen LogP contribution in [0.1, 0.15) is 30.1 Å². The molecule has 1 aliphatic heterocycles. The standard InChI is InChI=1S/C17H17F3N2O7/c1-9-14(29-15(24)10-2-4-11(5-3-10)22(26)27)13(8-12(28-9)6-7-23)21-16(25)17(18,19)20/h2-5,7,9,12-14H,6,8H2,1H3,(H,21,25)/t9-,12+,13+,14+/m1/s1. The molecule has 1 N–H and O–H groups in total. The van der Waals surface area contributed by atoms with E-state index in [4.69, 9.17) is 9.47 Å². The highest BCUT2D eigenvalue weighted by Crippen LogP contribution is 2.27. The number of hydrogen-bond acceptors (Lipinski definition) is 7. The van der Waals surface area contributed by atoms with Crippen molar-refractivity contribution >= 4 is 23.9 Å². The Labute approximate surface area is 162 Å². The molecule has 1 amide bonds. The van der Waals surface area contributed by atoms with Gasteiger partial charge < -0.3 is 19.6 Å². The Morgan fingerprint density at radius 2 is 1.97 bits per heavy atom. The van der Waals surface area contributed by atoms with E-state index in [1.54, 1.807) is 5.32 Å². The third kappa shape index (κ3) is 5.73. The van der Waals surface area contributed by atoms with Gasteiger partial charge in [0.1, 0.15) is 12.4 Å². The average molecular weight is 418 g/mol. The molecule has 0 bridgehead atoms. The van der Waals surface area contributed by atoms with Crippen molar-refractivity contribution in [2.45, 2.75) is 50.3 Å². The van der Waals surface area contributed by atoms with E-state index in [0.29, 0.717) is 6.29 Å². The summed E-state index contributed by atoms with van der Waals surface area (Å²) in [5.41, 5.74) is -0.332. The number of aldehydes is 1. The molecule has 1 heterocycles. The first kappa shape index (κ1) is 22.3. The molecular weight excluding hydrogens is 401 g/mol. The molecule has 1 aromatic carbocycles. The first-order valence-electron chi connectivity index (χ1n) is 8.45. The quantitative estimate of drug-likeness (QED) is 0.324. The number of nitro benzene ring substituents is 1. The van der Waals surface area contributed by atoms with Crippen LogP contribution in [0.3, 0.4) is 0 Å². The summed E-state index contributed by atoms with van der Waals surface area (Å²) < 4.78 is 48.7. The van der Waals surface area contributed by atoms with Crippen molar-refractivity contribution < 1.29 is 42.0 Å². The van der Waals surface area contributed by atoms with Gasteiger partial charge in [-0.25, -0.2) is 4.79 Å². The fourth-order valence-corrected chi connectivity index (χ4v) is 2.92. The van der Waals surface area contributed by atoms with Crippen molar-refractivity contribution in [1.29, 1.82) is 0 Å². The van der Waals surface area contributed by atoms with Gasteiger partial charge in [0.2, 0.25) is 0 Å². The number of ether oxygens (including phenoxy) is 2. The minimum absolute atomic E-state index is 0.0706. The van der Waals surface area contributed by atoms with Gasteiger partial charge in [-0.05, 0) is 25.5 Å². The number of rotatable bonds is 6. The summed E-state index contributed by atoms with van der Waals surface area (Å²) in [6, 6.07) is 3.15. The van der Waals surface area contributed by atoms with Crippen molar-refractivity contribution in [2.24, 2.45) is 0 Å². The maximum Gasteiger partial charge on any atom is 0.471 e. The zero-order valence-corrected chi connectivity index (χ0v) is 15.0. The normalized spacial score (nSPS) is 24.4. The number of nitro groups is 1. The molecule has 9 nitrogen and oxygen atoms in total. The minimum atomic E-state index is -5.14. The smallest absolute Gasteiger partial charge is 0.454 e. The lowest BCUT2D eigenvalue weighted by atomic mass is 9.94. The monoisotopic (exact) mass is 418 g/mol. The van der Waals surface area contributed by atoms with Crippen LogP contribution in [-0.4, -0.2) is 53.6 Å². The third-order valence-corrected chi connectivity index (χ3v) is 4.27. The summed E-state index contributed by atoms with van der Waals surface area (Å²) in [4.78, 5) is 44.4. The number of carbonyl (C=O) groups excluding carboxylic acids is 3. The number of alkyl halides is 3. The SMILES string of the molecule is C[C@H]1O[C@@H](CC=O)C[C@H](NC(=O)C(F)(F)F)[C@H]1OC(=O)c1ccc([N+](=O)[O-])cc1. The van der Waals surface area contributed by atoms with Gasteiger partial charge in [-0.3, -0.25) is 14.9 Å². The first-order chi connectivity index (χ1) is 13.5. The van der Waals surface area contributed by atoms with Gasteiger partial charge >= 0.3 is 18.1 Å². The predicted molar refractivity (Wildman–Crippen MR) is 89.9 cm³/mol. The Balaban J connectivity index is 2.18. The van der Waals surface area contributed by atoms with Crippen molar-refractivity contribution in [3.63, 3.8) is 0 Å². The Morgan fingerprint density at radius 3 is 2.48 bits per heavy atom. The molecule has 12 heteroatoms. The van der Waals surface area contributed by atoms with Crippen LogP contribution in [0.5, 0.6) is 0 Å². The van der Waals surface area contributed by atoms with Crippen LogP contribution in [0.2, 0.25) is 0 Å². The van der Waals surface area contributed by atoms with E-state index in [2.05, 4.69) is 0 Å². The van der Waals surface area contributed by atoms with E-state index in [-0.39, 0.29) is 24.1 Å². The Bertz CT molecular complexity index is 782. The highest BCUT2D eigenvalue weighted by Gasteiger charge is 2.45. The van der Waals surface area contributed by atoms with Gasteiger partial charge in [-0.15, -0.1) is 0 Å². The Morgan fingerprint density at radius 1 is 1.34 bits per heavy atom. The number of amides is 1. The first-order valence-corrected chi connectivity index (χ1v) is 8.45. The molecule has 0 unspecified atom stereocenters. The molecule has 0 spiro atoms. The molecule has 0 aliphatic carbocycles. The van der Waals surface area contributed by atoms with Gasteiger partial charge in [0, 0.05) is 18.6 Å². The lowest BCUT2D eigenvalue weighted by Gasteiger charge is -2.40. The molecule has 4 atom stereocenters. The average Bonchev–Trinajstić information content (AvgIpc) is 2.64. The second-order valence-corrected chi connectivity index (χ2v) is 6.35. The van der Waals surface area contributed by atoms with Crippen LogP contribution in [-0.2, 0) is 19.1 Å². The van der Waals surface area contributed by atoms with Crippen LogP contribution >= 0.6 is 0 Å². The van der Waals surface area contributed by atoms with Gasteiger partial charge in [0.25, 0.3) is 5.69 Å². The molecule has 29 heavy (non-hydrogen) atoms. The third-order valence-electron chi connectivity index (χ3n) is 4.27. The fourth-order valence-electron chi connectivity index (χ4n) is 2.92. The predicted octanol–water partition coefficient (Wildman–Crippen LogP) is 1.93. The lowest BCUT2D eigenvalue weighted by Crippen LogP contribution is -2.58. The maximum absolute atomic E-state index is 12.6. The molecule has 0 saturated carbocycles. The topological polar surface area (TPSA) is 125 Å². The molecule has 1 fully saturated rings. The summed E-state index contributed by atoms with van der Waals surface area (Å²) in [6.45, 7) is 1.43. The molecule has 1 aliphatic rings. The molecule has 158 valence electrons. The van der Waals surface area contributed by atoms with Crippen LogP contribution in [0.25, 0.3) is 0 Å². The van der Waals surface area contributed by atoms with Crippen LogP contribution in [0, 0.1) is 10.1 Å². The van der Waals surface area contributed by atoms with Gasteiger partial charge in [0.15, 0.2) is 0 Å². The van der Waals surface area contributed by atoms with Crippen LogP contribution < -0.4 is 5.32 Å².